The number of hydrogen-bond donors (Lipinski definition) is 3. The highest BCUT2D eigenvalue weighted by Crippen LogP contribution is 2.12. The first-order valence-corrected chi connectivity index (χ1v) is 10.2. The number of unbranched alkanes of at least 4 members (excludes halogenated alkanes) is 4. The van der Waals surface area contributed by atoms with Gasteiger partial charge in [0.05, 0.1) is 12.6 Å². The predicted octanol–water partition coefficient (Wildman–Crippen LogP) is 3.09. The summed E-state index contributed by atoms with van der Waals surface area (Å²) in [5.74, 6) is -0.109. The molecule has 1 aliphatic rings. The molecule has 1 heterocycles. The number of amides is 2. The molecule has 6 nitrogen and oxygen atoms in total. The average molecular weight is 376 g/mol. The number of rotatable bonds is 12. The van der Waals surface area contributed by atoms with E-state index < -0.39 is 0 Å². The average Bonchev–Trinajstić information content (AvgIpc) is 3.21. The number of benzene rings is 1. The molecule has 27 heavy (non-hydrogen) atoms. The van der Waals surface area contributed by atoms with Gasteiger partial charge in [-0.1, -0.05) is 32.6 Å². The fraction of sp³-hybridized carbons (Fsp3) is 0.619. The molecule has 0 saturated carbocycles. The van der Waals surface area contributed by atoms with E-state index in [4.69, 9.17) is 4.74 Å². The summed E-state index contributed by atoms with van der Waals surface area (Å²) in [5.41, 5.74) is 1.43. The molecule has 1 aromatic rings. The zero-order valence-corrected chi connectivity index (χ0v) is 16.4. The van der Waals surface area contributed by atoms with Gasteiger partial charge in [-0.15, -0.1) is 0 Å². The first kappa shape index (κ1) is 21.2. The Balaban J connectivity index is 1.61. The fourth-order valence-corrected chi connectivity index (χ4v) is 3.05. The van der Waals surface area contributed by atoms with Crippen LogP contribution in [0.15, 0.2) is 24.3 Å². The molecular weight excluding hydrogens is 342 g/mol. The van der Waals surface area contributed by atoms with Gasteiger partial charge >= 0.3 is 0 Å². The summed E-state index contributed by atoms with van der Waals surface area (Å²) >= 11 is 0. The molecule has 6 heteroatoms. The van der Waals surface area contributed by atoms with E-state index in [9.17, 15) is 9.59 Å². The molecule has 1 saturated heterocycles. The largest absolute Gasteiger partial charge is 0.376 e. The minimum absolute atomic E-state index is 0.0103. The predicted molar refractivity (Wildman–Crippen MR) is 108 cm³/mol. The highest BCUT2D eigenvalue weighted by Gasteiger charge is 2.16. The number of carbonyl (C=O) groups excluding carboxylic acids is 2. The van der Waals surface area contributed by atoms with Crippen molar-refractivity contribution in [3.63, 3.8) is 0 Å². The van der Waals surface area contributed by atoms with Gasteiger partial charge in [0, 0.05) is 30.9 Å². The van der Waals surface area contributed by atoms with Gasteiger partial charge in [0.15, 0.2) is 0 Å². The minimum atomic E-state index is -0.0992. The molecular formula is C21H33N3O3. The van der Waals surface area contributed by atoms with Gasteiger partial charge in [0.1, 0.15) is 0 Å². The Hall–Kier alpha value is -2.08. The van der Waals surface area contributed by atoms with Gasteiger partial charge in [0.25, 0.3) is 5.91 Å². The second kappa shape index (κ2) is 12.3. The van der Waals surface area contributed by atoms with Crippen LogP contribution in [0.25, 0.3) is 0 Å². The van der Waals surface area contributed by atoms with Crippen molar-refractivity contribution in [3.05, 3.63) is 29.8 Å². The molecule has 1 atom stereocenters. The van der Waals surface area contributed by atoms with Crippen molar-refractivity contribution in [1.29, 1.82) is 0 Å². The fourth-order valence-electron chi connectivity index (χ4n) is 3.05. The van der Waals surface area contributed by atoms with Crippen LogP contribution >= 0.6 is 0 Å². The lowest BCUT2D eigenvalue weighted by molar-refractivity contribution is -0.119. The summed E-state index contributed by atoms with van der Waals surface area (Å²) in [6.45, 7) is 4.50. The van der Waals surface area contributed by atoms with Crippen molar-refractivity contribution in [2.45, 2.75) is 58.0 Å². The highest BCUT2D eigenvalue weighted by atomic mass is 16.5. The van der Waals surface area contributed by atoms with Crippen LogP contribution in [0.1, 0.15) is 62.2 Å². The van der Waals surface area contributed by atoms with Crippen LogP contribution in [0.2, 0.25) is 0 Å². The van der Waals surface area contributed by atoms with Crippen molar-refractivity contribution < 1.29 is 14.3 Å². The zero-order chi connectivity index (χ0) is 19.3. The number of hydrogen-bond acceptors (Lipinski definition) is 4. The number of anilines is 1. The number of carbonyl (C=O) groups is 2. The van der Waals surface area contributed by atoms with Gasteiger partial charge < -0.3 is 20.7 Å². The summed E-state index contributed by atoms with van der Waals surface area (Å²) in [5, 5.41) is 8.91. The summed E-state index contributed by atoms with van der Waals surface area (Å²) in [6.07, 6.45) is 8.12. The van der Waals surface area contributed by atoms with E-state index in [0.717, 1.165) is 44.5 Å². The molecule has 1 aliphatic heterocycles. The molecule has 1 aromatic carbocycles. The third-order valence-electron chi connectivity index (χ3n) is 4.72. The van der Waals surface area contributed by atoms with E-state index in [0.29, 0.717) is 12.1 Å². The summed E-state index contributed by atoms with van der Waals surface area (Å²) < 4.78 is 5.50. The first-order valence-electron chi connectivity index (χ1n) is 10.2. The maximum Gasteiger partial charge on any atom is 0.251 e. The molecule has 1 fully saturated rings. The minimum Gasteiger partial charge on any atom is -0.376 e. The van der Waals surface area contributed by atoms with Crippen molar-refractivity contribution in [3.8, 4) is 0 Å². The lowest BCUT2D eigenvalue weighted by Crippen LogP contribution is -2.31. The van der Waals surface area contributed by atoms with Crippen molar-refractivity contribution >= 4 is 17.5 Å². The van der Waals surface area contributed by atoms with E-state index in [2.05, 4.69) is 22.9 Å². The number of nitrogens with one attached hydrogen (secondary N) is 3. The molecule has 3 N–H and O–H groups in total. The van der Waals surface area contributed by atoms with E-state index in [-0.39, 0.29) is 24.5 Å². The van der Waals surface area contributed by atoms with E-state index >= 15 is 0 Å². The molecule has 150 valence electrons. The van der Waals surface area contributed by atoms with Gasteiger partial charge in [-0.05, 0) is 43.5 Å². The van der Waals surface area contributed by atoms with Crippen LogP contribution in [0.4, 0.5) is 5.69 Å². The van der Waals surface area contributed by atoms with Gasteiger partial charge in [-0.25, -0.2) is 0 Å². The monoisotopic (exact) mass is 375 g/mol. The first-order chi connectivity index (χ1) is 13.2. The van der Waals surface area contributed by atoms with Crippen LogP contribution in [0.5, 0.6) is 0 Å². The lowest BCUT2D eigenvalue weighted by Gasteiger charge is -2.11. The Labute approximate surface area is 162 Å². The second-order valence-electron chi connectivity index (χ2n) is 7.04. The standard InChI is InChI=1S/C21H33N3O3/c1-2-3-4-5-6-13-22-20(25)16-23-18-11-9-17(10-12-18)21(26)24-15-19-8-7-14-27-19/h9-12,19,23H,2-8,13-16H2,1H3,(H,22,25)(H,24,26). The Bertz CT molecular complexity index is 569. The van der Waals surface area contributed by atoms with Crippen molar-refractivity contribution in [1.82, 2.24) is 10.6 Å². The SMILES string of the molecule is CCCCCCCNC(=O)CNc1ccc(C(=O)NCC2CCCO2)cc1. The van der Waals surface area contributed by atoms with Crippen molar-refractivity contribution in [2.75, 3.05) is 31.6 Å². The van der Waals surface area contributed by atoms with Gasteiger partial charge in [0.2, 0.25) is 5.91 Å². The highest BCUT2D eigenvalue weighted by molar-refractivity contribution is 5.94. The normalized spacial score (nSPS) is 16.1. The van der Waals surface area contributed by atoms with Gasteiger partial charge in [-0.3, -0.25) is 9.59 Å². The quantitative estimate of drug-likeness (QED) is 0.491. The summed E-state index contributed by atoms with van der Waals surface area (Å²) in [6, 6.07) is 7.16. The molecule has 0 aliphatic carbocycles. The molecule has 0 spiro atoms. The molecule has 0 bridgehead atoms. The maximum absolute atomic E-state index is 12.1. The van der Waals surface area contributed by atoms with Crippen LogP contribution in [0.3, 0.4) is 0 Å². The van der Waals surface area contributed by atoms with Crippen LogP contribution in [-0.2, 0) is 9.53 Å². The van der Waals surface area contributed by atoms with E-state index in [1.807, 2.05) is 12.1 Å². The smallest absolute Gasteiger partial charge is 0.251 e. The van der Waals surface area contributed by atoms with Crippen LogP contribution < -0.4 is 16.0 Å². The Morgan fingerprint density at radius 1 is 1.07 bits per heavy atom. The zero-order valence-electron chi connectivity index (χ0n) is 16.4. The lowest BCUT2D eigenvalue weighted by atomic mass is 10.1. The van der Waals surface area contributed by atoms with E-state index in [1.165, 1.54) is 19.3 Å². The molecule has 2 rings (SSSR count). The van der Waals surface area contributed by atoms with Gasteiger partial charge in [-0.2, -0.15) is 0 Å². The number of ether oxygens (including phenoxy) is 1. The Kier molecular flexibility index (Phi) is 9.69. The molecule has 2 amide bonds. The Morgan fingerprint density at radius 3 is 2.56 bits per heavy atom. The summed E-state index contributed by atoms with van der Waals surface area (Å²) in [7, 11) is 0. The van der Waals surface area contributed by atoms with Crippen LogP contribution in [0, 0.1) is 0 Å². The molecule has 1 unspecified atom stereocenters. The second-order valence-corrected chi connectivity index (χ2v) is 7.04. The van der Waals surface area contributed by atoms with Crippen molar-refractivity contribution in [2.24, 2.45) is 0 Å². The Morgan fingerprint density at radius 2 is 1.85 bits per heavy atom. The summed E-state index contributed by atoms with van der Waals surface area (Å²) in [4.78, 5) is 24.0. The third-order valence-corrected chi connectivity index (χ3v) is 4.72. The van der Waals surface area contributed by atoms with E-state index in [1.54, 1.807) is 12.1 Å². The molecule has 0 aromatic heterocycles. The maximum atomic E-state index is 12.1. The topological polar surface area (TPSA) is 79.5 Å². The third kappa shape index (κ3) is 8.43. The van der Waals surface area contributed by atoms with Crippen LogP contribution in [-0.4, -0.2) is 44.2 Å². The molecule has 0 radical (unpaired) electrons.